The first-order chi connectivity index (χ1) is 17.4. The molecule has 1 aromatic carbocycles. The van der Waals surface area contributed by atoms with E-state index in [1.54, 1.807) is 11.8 Å². The minimum absolute atomic E-state index is 0.0412. The lowest BCUT2D eigenvalue weighted by molar-refractivity contribution is -0.132. The van der Waals surface area contributed by atoms with E-state index in [4.69, 9.17) is 10.7 Å². The Hall–Kier alpha value is -1.94. The summed E-state index contributed by atoms with van der Waals surface area (Å²) < 4.78 is 0. The number of hydrogen-bond donors (Lipinski definition) is 2. The van der Waals surface area contributed by atoms with Gasteiger partial charge in [0.15, 0.2) is 5.96 Å². The van der Waals surface area contributed by atoms with Crippen molar-refractivity contribution < 1.29 is 9.59 Å². The average Bonchev–Trinajstić information content (AvgIpc) is 3.08. The number of nitrogens with zero attached hydrogens (tertiary/aromatic N) is 2. The Bertz CT molecular complexity index is 882. The standard InChI is InChI=1S/C29H47N4O2P/c1-3-4-18-29(20-24-9-6-5-7-10-24)27(35)33(28(30)32-29)21-25-15-13-23(14-16-25)11-8-12-26(17-19-36)31-22(2)34/h13-16,24,26H,3-12,17-21,36H2,1-2H3,(H2,30,32)(H,31,34). The molecule has 0 spiro atoms. The van der Waals surface area contributed by atoms with E-state index in [0.29, 0.717) is 18.4 Å². The molecule has 2 aliphatic rings. The zero-order chi connectivity index (χ0) is 26.0. The fraction of sp³-hybridized carbons (Fsp3) is 0.690. The highest BCUT2D eigenvalue weighted by Crippen LogP contribution is 2.39. The second kappa shape index (κ2) is 14.1. The number of hydrogen-bond acceptors (Lipinski definition) is 4. The van der Waals surface area contributed by atoms with Crippen LogP contribution in [0.15, 0.2) is 29.3 Å². The predicted molar refractivity (Wildman–Crippen MR) is 152 cm³/mol. The van der Waals surface area contributed by atoms with E-state index in [1.807, 2.05) is 0 Å². The molecule has 7 heteroatoms. The lowest BCUT2D eigenvalue weighted by Crippen LogP contribution is -2.45. The molecule has 0 aromatic heterocycles. The van der Waals surface area contributed by atoms with Crippen LogP contribution in [0.1, 0.15) is 102 Å². The maximum absolute atomic E-state index is 13.7. The molecule has 1 fully saturated rings. The summed E-state index contributed by atoms with van der Waals surface area (Å²) in [5.74, 6) is 1.10. The molecule has 3 rings (SSSR count). The molecule has 3 unspecified atom stereocenters. The summed E-state index contributed by atoms with van der Waals surface area (Å²) in [5, 5.41) is 3.06. The maximum Gasteiger partial charge on any atom is 0.257 e. The fourth-order valence-electron chi connectivity index (χ4n) is 5.90. The van der Waals surface area contributed by atoms with Crippen molar-refractivity contribution in [3.05, 3.63) is 35.4 Å². The molecule has 0 saturated heterocycles. The molecule has 2 amide bonds. The summed E-state index contributed by atoms with van der Waals surface area (Å²) >= 11 is 0. The Morgan fingerprint density at radius 3 is 2.50 bits per heavy atom. The molecule has 1 aliphatic heterocycles. The maximum atomic E-state index is 13.7. The number of aryl methyl sites for hydroxylation is 1. The number of nitrogens with two attached hydrogens (primary N) is 1. The predicted octanol–water partition coefficient (Wildman–Crippen LogP) is 5.34. The van der Waals surface area contributed by atoms with Gasteiger partial charge in [0.1, 0.15) is 5.54 Å². The SMILES string of the molecule is CCCCC1(CC2CCCCC2)N=C(N)N(Cc2ccc(CCCC(CCP)NC(C)=O)cc2)C1=O. The second-order valence-electron chi connectivity index (χ2n) is 10.9. The Kier molecular flexibility index (Phi) is 11.2. The number of rotatable bonds is 14. The van der Waals surface area contributed by atoms with Crippen molar-refractivity contribution in [1.29, 1.82) is 0 Å². The van der Waals surface area contributed by atoms with Gasteiger partial charge in [-0.3, -0.25) is 14.5 Å². The van der Waals surface area contributed by atoms with Crippen molar-refractivity contribution in [1.82, 2.24) is 10.2 Å². The van der Waals surface area contributed by atoms with E-state index in [0.717, 1.165) is 63.1 Å². The van der Waals surface area contributed by atoms with Gasteiger partial charge in [-0.15, -0.1) is 9.24 Å². The van der Waals surface area contributed by atoms with Gasteiger partial charge in [0.05, 0.1) is 6.54 Å². The highest BCUT2D eigenvalue weighted by atomic mass is 31.0. The minimum atomic E-state index is -0.663. The van der Waals surface area contributed by atoms with Crippen LogP contribution >= 0.6 is 9.24 Å². The summed E-state index contributed by atoms with van der Waals surface area (Å²) in [6, 6.07) is 8.76. The van der Waals surface area contributed by atoms with Gasteiger partial charge in [-0.1, -0.05) is 76.1 Å². The number of amides is 2. The van der Waals surface area contributed by atoms with E-state index in [-0.39, 0.29) is 17.9 Å². The minimum Gasteiger partial charge on any atom is -0.369 e. The molecular weight excluding hydrogens is 467 g/mol. The number of guanidine groups is 1. The van der Waals surface area contributed by atoms with Crippen LogP contribution in [-0.2, 0) is 22.6 Å². The van der Waals surface area contributed by atoms with Crippen LogP contribution in [0.25, 0.3) is 0 Å². The molecule has 36 heavy (non-hydrogen) atoms. The number of aliphatic imine (C=N–C) groups is 1. The smallest absolute Gasteiger partial charge is 0.257 e. The molecular formula is C29H47N4O2P. The third-order valence-corrected chi connectivity index (χ3v) is 8.18. The first-order valence-electron chi connectivity index (χ1n) is 14.1. The van der Waals surface area contributed by atoms with Crippen LogP contribution < -0.4 is 11.1 Å². The Morgan fingerprint density at radius 1 is 1.17 bits per heavy atom. The van der Waals surface area contributed by atoms with Gasteiger partial charge >= 0.3 is 0 Å². The van der Waals surface area contributed by atoms with Crippen molar-refractivity contribution in [3.8, 4) is 0 Å². The van der Waals surface area contributed by atoms with E-state index in [1.165, 1.54) is 37.7 Å². The highest BCUT2D eigenvalue weighted by molar-refractivity contribution is 7.16. The molecule has 1 aliphatic carbocycles. The zero-order valence-corrected chi connectivity index (χ0v) is 23.6. The van der Waals surface area contributed by atoms with Crippen LogP contribution in [0.4, 0.5) is 0 Å². The third-order valence-electron chi connectivity index (χ3n) is 7.85. The molecule has 1 heterocycles. The van der Waals surface area contributed by atoms with Gasteiger partial charge < -0.3 is 11.1 Å². The van der Waals surface area contributed by atoms with E-state index in [9.17, 15) is 9.59 Å². The largest absolute Gasteiger partial charge is 0.369 e. The second-order valence-corrected chi connectivity index (χ2v) is 11.5. The number of nitrogens with one attached hydrogen (secondary N) is 1. The van der Waals surface area contributed by atoms with Crippen LogP contribution in [0.3, 0.4) is 0 Å². The molecule has 0 bridgehead atoms. The van der Waals surface area contributed by atoms with Crippen LogP contribution in [-0.4, -0.2) is 40.4 Å². The lowest BCUT2D eigenvalue weighted by atomic mass is 9.77. The number of carbonyl (C=O) groups is 2. The molecule has 3 atom stereocenters. The van der Waals surface area contributed by atoms with Crippen LogP contribution in [0.2, 0.25) is 0 Å². The monoisotopic (exact) mass is 514 g/mol. The van der Waals surface area contributed by atoms with E-state index < -0.39 is 5.54 Å². The topological polar surface area (TPSA) is 87.8 Å². The number of benzene rings is 1. The van der Waals surface area contributed by atoms with Crippen LogP contribution in [0.5, 0.6) is 0 Å². The van der Waals surface area contributed by atoms with E-state index in [2.05, 4.69) is 45.7 Å². The molecule has 1 aromatic rings. The zero-order valence-electron chi connectivity index (χ0n) is 22.4. The summed E-state index contributed by atoms with van der Waals surface area (Å²) in [4.78, 5) is 31.7. The molecule has 0 radical (unpaired) electrons. The van der Waals surface area contributed by atoms with Crippen molar-refractivity contribution >= 4 is 27.0 Å². The summed E-state index contributed by atoms with van der Waals surface area (Å²) in [6.07, 6.45) is 14.9. The van der Waals surface area contributed by atoms with Gasteiger partial charge in [0, 0.05) is 13.0 Å². The van der Waals surface area contributed by atoms with Crippen molar-refractivity contribution in [2.24, 2.45) is 16.6 Å². The average molecular weight is 515 g/mol. The first kappa shape index (κ1) is 28.6. The van der Waals surface area contributed by atoms with Gasteiger partial charge in [0.2, 0.25) is 5.91 Å². The van der Waals surface area contributed by atoms with Gasteiger partial charge in [-0.05, 0) is 61.7 Å². The van der Waals surface area contributed by atoms with Gasteiger partial charge in [-0.2, -0.15) is 0 Å². The van der Waals surface area contributed by atoms with Gasteiger partial charge in [0.25, 0.3) is 5.91 Å². The molecule has 3 N–H and O–H groups in total. The Balaban J connectivity index is 1.58. The lowest BCUT2D eigenvalue weighted by Gasteiger charge is -2.32. The first-order valence-corrected chi connectivity index (χ1v) is 14.9. The van der Waals surface area contributed by atoms with Crippen molar-refractivity contribution in [3.63, 3.8) is 0 Å². The summed E-state index contributed by atoms with van der Waals surface area (Å²) in [6.45, 7) is 4.23. The number of unbranched alkanes of at least 4 members (excludes halogenated alkanes) is 1. The van der Waals surface area contributed by atoms with Crippen LogP contribution in [0, 0.1) is 5.92 Å². The summed E-state index contributed by atoms with van der Waals surface area (Å²) in [7, 11) is 2.74. The van der Waals surface area contributed by atoms with Crippen molar-refractivity contribution in [2.45, 2.75) is 115 Å². The quantitative estimate of drug-likeness (QED) is 0.329. The van der Waals surface area contributed by atoms with Crippen molar-refractivity contribution in [2.75, 3.05) is 6.16 Å². The Morgan fingerprint density at radius 2 is 1.86 bits per heavy atom. The molecule has 1 saturated carbocycles. The van der Waals surface area contributed by atoms with E-state index >= 15 is 0 Å². The van der Waals surface area contributed by atoms with Gasteiger partial charge in [-0.25, -0.2) is 4.99 Å². The third kappa shape index (κ3) is 8.03. The normalized spacial score (nSPS) is 21.5. The molecule has 200 valence electrons. The highest BCUT2D eigenvalue weighted by Gasteiger charge is 2.48. The number of carbonyl (C=O) groups excluding carboxylic acids is 2. The molecule has 6 nitrogen and oxygen atoms in total. The summed E-state index contributed by atoms with van der Waals surface area (Å²) in [5.41, 5.74) is 8.06. The fourth-order valence-corrected chi connectivity index (χ4v) is 6.30. The Labute approximate surface area is 220 Å².